The molecule has 6 aromatic rings. The standard InChI is InChI=1S/2C19H20N4.ClH.F2/c2*1-14(2)17-13-20-18(21-15-9-5-3-6-10-15)19(23-17)22-16-11-7-4-8-12-16;;1-2/h2*3-14H,1-2H3,(H,20,21)(H,22,23);1H;. The van der Waals surface area contributed by atoms with Crippen LogP contribution in [0.2, 0.25) is 0 Å². The predicted molar refractivity (Wildman–Crippen MR) is 191 cm³/mol. The van der Waals surface area contributed by atoms with Crippen molar-refractivity contribution in [2.24, 2.45) is 0 Å². The molecule has 0 bridgehead atoms. The van der Waals surface area contributed by atoms with E-state index < -0.39 is 0 Å². The molecule has 49 heavy (non-hydrogen) atoms. The van der Waals surface area contributed by atoms with Gasteiger partial charge < -0.3 is 28.4 Å². The summed E-state index contributed by atoms with van der Waals surface area (Å²) in [6, 6.07) is 40.2. The lowest BCUT2D eigenvalue weighted by Crippen LogP contribution is -3.00. The number of aromatic nitrogens is 4. The topological polar surface area (TPSA) is 104 Å². The smallest absolute Gasteiger partial charge is 0.273 e. The van der Waals surface area contributed by atoms with Crippen LogP contribution < -0.4 is 33.7 Å². The summed E-state index contributed by atoms with van der Waals surface area (Å²) in [4.78, 5) is 18.7. The number of benzene rings is 4. The minimum atomic E-state index is 0. The van der Waals surface area contributed by atoms with Crippen LogP contribution in [0.3, 0.4) is 0 Å². The van der Waals surface area contributed by atoms with Crippen molar-refractivity contribution in [1.82, 2.24) is 19.9 Å². The first-order chi connectivity index (χ1) is 23.4. The maximum absolute atomic E-state index is 8.00. The van der Waals surface area contributed by atoms with E-state index in [2.05, 4.69) is 71.1 Å². The van der Waals surface area contributed by atoms with Gasteiger partial charge in [-0.1, -0.05) is 100 Å². The number of nitrogens with one attached hydrogen (secondary N) is 3. The molecule has 2 aromatic heterocycles. The fourth-order valence-electron chi connectivity index (χ4n) is 4.43. The molecule has 5 N–H and O–H groups in total. The van der Waals surface area contributed by atoms with Crippen molar-refractivity contribution in [3.05, 3.63) is 145 Å². The first-order valence-corrected chi connectivity index (χ1v) is 15.7. The van der Waals surface area contributed by atoms with Gasteiger partial charge in [0.25, 0.3) is 5.82 Å². The lowest BCUT2D eigenvalue weighted by atomic mass is 10.1. The van der Waals surface area contributed by atoms with Crippen molar-refractivity contribution in [3.63, 3.8) is 0 Å². The molecule has 0 aliphatic carbocycles. The van der Waals surface area contributed by atoms with Crippen molar-refractivity contribution in [2.45, 2.75) is 39.5 Å². The average molecular weight is 683 g/mol. The summed E-state index contributed by atoms with van der Waals surface area (Å²) in [5, 5.41) is 12.1. The van der Waals surface area contributed by atoms with Crippen LogP contribution in [0.25, 0.3) is 0 Å². The predicted octanol–water partition coefficient (Wildman–Crippen LogP) is 6.80. The number of anilines is 6. The molecule has 0 atom stereocenters. The zero-order valence-corrected chi connectivity index (χ0v) is 28.6. The van der Waals surface area contributed by atoms with Gasteiger partial charge in [0, 0.05) is 26.2 Å². The van der Waals surface area contributed by atoms with E-state index in [-0.39, 0.29) is 12.4 Å². The Bertz CT molecular complexity index is 1660. The van der Waals surface area contributed by atoms with Gasteiger partial charge in [0.15, 0.2) is 11.6 Å². The van der Waals surface area contributed by atoms with Crippen molar-refractivity contribution >= 4 is 46.0 Å². The summed E-state index contributed by atoms with van der Waals surface area (Å²) >= 11 is 0. The number of hydrogen-bond donors (Lipinski definition) is 4. The van der Waals surface area contributed by atoms with Crippen LogP contribution in [0.5, 0.6) is 0 Å². The molecule has 0 spiro atoms. The quantitative estimate of drug-likeness (QED) is 0.118. The van der Waals surface area contributed by atoms with Gasteiger partial charge in [-0.2, -0.15) is 4.98 Å². The number of hydrogen-bond acceptors (Lipinski definition) is 7. The monoisotopic (exact) mass is 682 g/mol. The highest BCUT2D eigenvalue weighted by Gasteiger charge is 2.15. The highest BCUT2D eigenvalue weighted by atomic mass is 35.5. The number of nitrogens with zero attached hydrogens (tertiary/aromatic N) is 4. The normalized spacial score (nSPS) is 10.1. The number of quaternary nitrogens is 1. The molecular weight excluding hydrogens is 642 g/mol. The van der Waals surface area contributed by atoms with E-state index in [1.54, 1.807) is 0 Å². The fraction of sp³-hybridized carbons (Fsp3) is 0.158. The van der Waals surface area contributed by atoms with Crippen LogP contribution in [0, 0.1) is 0 Å². The molecule has 254 valence electrons. The Morgan fingerprint density at radius 1 is 0.490 bits per heavy atom. The van der Waals surface area contributed by atoms with Gasteiger partial charge in [0.05, 0.1) is 23.8 Å². The van der Waals surface area contributed by atoms with Gasteiger partial charge in [-0.05, 0) is 60.4 Å². The molecule has 6 rings (SSSR count). The Hall–Kier alpha value is -5.45. The molecule has 11 heteroatoms. The van der Waals surface area contributed by atoms with E-state index in [4.69, 9.17) is 19.1 Å². The minimum absolute atomic E-state index is 0. The van der Waals surface area contributed by atoms with Gasteiger partial charge in [-0.3, -0.25) is 5.32 Å². The van der Waals surface area contributed by atoms with Gasteiger partial charge in [0.2, 0.25) is 5.82 Å². The summed E-state index contributed by atoms with van der Waals surface area (Å²) < 4.78 is 16.0. The summed E-state index contributed by atoms with van der Waals surface area (Å²) in [6.45, 7) is 8.47. The Morgan fingerprint density at radius 3 is 1.31 bits per heavy atom. The molecule has 0 amide bonds. The van der Waals surface area contributed by atoms with E-state index in [9.17, 15) is 0 Å². The second-order valence-corrected chi connectivity index (χ2v) is 11.4. The van der Waals surface area contributed by atoms with Crippen LogP contribution >= 0.6 is 0 Å². The molecule has 0 saturated carbocycles. The first kappa shape index (κ1) is 38.0. The molecule has 4 aromatic carbocycles. The van der Waals surface area contributed by atoms with Crippen molar-refractivity contribution in [1.29, 1.82) is 0 Å². The number of halogens is 3. The molecule has 0 fully saturated rings. The molecule has 0 saturated heterocycles. The number of para-hydroxylation sites is 4. The minimum Gasteiger partial charge on any atom is -1.00 e. The zero-order valence-electron chi connectivity index (χ0n) is 27.9. The molecule has 0 unspecified atom stereocenters. The third-order valence-corrected chi connectivity index (χ3v) is 7.00. The summed E-state index contributed by atoms with van der Waals surface area (Å²) in [5.41, 5.74) is 6.03. The molecule has 8 nitrogen and oxygen atoms in total. The summed E-state index contributed by atoms with van der Waals surface area (Å²) in [5.74, 6) is 3.73. The van der Waals surface area contributed by atoms with Gasteiger partial charge in [-0.15, -0.1) is 0 Å². The maximum atomic E-state index is 8.00. The van der Waals surface area contributed by atoms with Crippen LogP contribution in [0.15, 0.2) is 134 Å². The Morgan fingerprint density at radius 2 is 0.857 bits per heavy atom. The van der Waals surface area contributed by atoms with E-state index in [1.807, 2.05) is 122 Å². The Kier molecular flexibility index (Phi) is 15.5. The van der Waals surface area contributed by atoms with E-state index in [0.29, 0.717) is 17.7 Å². The molecular formula is C38H41ClF2N8. The van der Waals surface area contributed by atoms with Crippen LogP contribution in [-0.2, 0) is 0 Å². The third kappa shape index (κ3) is 11.9. The van der Waals surface area contributed by atoms with Gasteiger partial charge >= 0.3 is 0 Å². The van der Waals surface area contributed by atoms with Crippen molar-refractivity contribution in [3.8, 4) is 0 Å². The van der Waals surface area contributed by atoms with E-state index in [1.165, 1.54) is 0 Å². The molecule has 0 aliphatic rings. The highest BCUT2D eigenvalue weighted by Crippen LogP contribution is 2.27. The lowest BCUT2D eigenvalue weighted by Gasteiger charge is -2.14. The molecule has 2 heterocycles. The zero-order chi connectivity index (χ0) is 34.1. The number of nitrogens with two attached hydrogens (primary N) is 1. The van der Waals surface area contributed by atoms with Crippen LogP contribution in [0.1, 0.15) is 50.9 Å². The van der Waals surface area contributed by atoms with Gasteiger partial charge in [-0.25, -0.2) is 15.0 Å². The highest BCUT2D eigenvalue weighted by molar-refractivity contribution is 5.72. The first-order valence-electron chi connectivity index (χ1n) is 15.7. The summed E-state index contributed by atoms with van der Waals surface area (Å²) in [6.07, 6.45) is 3.67. The second-order valence-electron chi connectivity index (χ2n) is 11.4. The van der Waals surface area contributed by atoms with Gasteiger partial charge in [0.1, 0.15) is 5.69 Å². The third-order valence-electron chi connectivity index (χ3n) is 7.00. The van der Waals surface area contributed by atoms with Crippen molar-refractivity contribution < 1.29 is 26.9 Å². The average Bonchev–Trinajstić information content (AvgIpc) is 3.12. The molecule has 0 radical (unpaired) electrons. The van der Waals surface area contributed by atoms with Crippen LogP contribution in [-0.4, -0.2) is 19.9 Å². The number of rotatable bonds is 10. The Balaban J connectivity index is 0.000000248. The maximum Gasteiger partial charge on any atom is 0.273 e. The SMILES string of the molecule is CC(C)c1cnc(Nc2ccccc2)c(Nc2ccccc2)n1.CC(C)c1cnc(Nc2ccccc2)c([NH2+]c2ccccc2)n1.FF.[Cl-]. The second kappa shape index (κ2) is 20.0. The van der Waals surface area contributed by atoms with Crippen LogP contribution in [0.4, 0.5) is 55.2 Å². The Labute approximate surface area is 292 Å². The molecule has 0 aliphatic heterocycles. The van der Waals surface area contributed by atoms with E-state index >= 15 is 0 Å². The van der Waals surface area contributed by atoms with Crippen molar-refractivity contribution in [2.75, 3.05) is 16.0 Å². The summed E-state index contributed by atoms with van der Waals surface area (Å²) in [7, 11) is 0. The fourth-order valence-corrected chi connectivity index (χ4v) is 4.43. The van der Waals surface area contributed by atoms with E-state index in [0.717, 1.165) is 51.6 Å². The largest absolute Gasteiger partial charge is 1.00 e. The lowest BCUT2D eigenvalue weighted by molar-refractivity contribution is -0.482.